The largest absolute Gasteiger partial charge is 0.508 e. The molecule has 0 radical (unpaired) electrons. The number of aryl methyl sites for hydroxylation is 1. The van der Waals surface area contributed by atoms with Crippen LogP contribution >= 0.6 is 0 Å². The molecule has 2 saturated heterocycles. The Balaban J connectivity index is 1.39. The Morgan fingerprint density at radius 2 is 2.10 bits per heavy atom. The van der Waals surface area contributed by atoms with Crippen molar-refractivity contribution in [3.8, 4) is 11.8 Å². The fourth-order valence-electron chi connectivity index (χ4n) is 6.87. The predicted octanol–water partition coefficient (Wildman–Crippen LogP) is 4.56. The van der Waals surface area contributed by atoms with E-state index in [9.17, 15) is 18.7 Å². The summed E-state index contributed by atoms with van der Waals surface area (Å²) in [4.78, 5) is 26.9. The molecule has 4 heterocycles. The van der Waals surface area contributed by atoms with Crippen LogP contribution in [0.5, 0.6) is 11.8 Å². The van der Waals surface area contributed by atoms with Gasteiger partial charge in [-0.3, -0.25) is 9.69 Å². The summed E-state index contributed by atoms with van der Waals surface area (Å²) < 4.78 is 35.5. The van der Waals surface area contributed by atoms with Crippen molar-refractivity contribution in [2.45, 2.75) is 70.2 Å². The molecule has 3 aliphatic rings. The molecule has 2 fully saturated rings. The van der Waals surface area contributed by atoms with Crippen molar-refractivity contribution in [1.82, 2.24) is 20.2 Å². The Bertz CT molecular complexity index is 1510. The van der Waals surface area contributed by atoms with Gasteiger partial charge in [0.2, 0.25) is 0 Å². The smallest absolute Gasteiger partial charge is 0.318 e. The number of phenols is 1. The number of carbonyl (C=O) groups is 1. The van der Waals surface area contributed by atoms with E-state index in [-0.39, 0.29) is 42.7 Å². The highest BCUT2D eigenvalue weighted by atomic mass is 19.1. The van der Waals surface area contributed by atoms with Crippen LogP contribution in [0.3, 0.4) is 0 Å². The molecule has 3 atom stereocenters. The molecular formula is C31H38F2N6O3. The lowest BCUT2D eigenvalue weighted by atomic mass is 9.91. The molecule has 3 aliphatic heterocycles. The minimum Gasteiger partial charge on any atom is -0.508 e. The van der Waals surface area contributed by atoms with E-state index < -0.39 is 11.7 Å². The van der Waals surface area contributed by atoms with Crippen LogP contribution in [0.1, 0.15) is 61.1 Å². The number of nitrogens with zero attached hydrogens (tertiary/aromatic N) is 4. The van der Waals surface area contributed by atoms with E-state index in [0.717, 1.165) is 32.4 Å². The summed E-state index contributed by atoms with van der Waals surface area (Å²) >= 11 is 0. The third-order valence-electron chi connectivity index (χ3n) is 8.98. The van der Waals surface area contributed by atoms with Crippen molar-refractivity contribution in [2.24, 2.45) is 0 Å². The van der Waals surface area contributed by atoms with E-state index in [1.807, 2.05) is 18.9 Å². The number of aromatic nitrogens is 2. The molecule has 0 aliphatic carbocycles. The highest BCUT2D eigenvalue weighted by Crippen LogP contribution is 2.41. The molecule has 42 heavy (non-hydrogen) atoms. The number of rotatable bonds is 9. The Kier molecular flexibility index (Phi) is 7.65. The van der Waals surface area contributed by atoms with Gasteiger partial charge in [-0.1, -0.05) is 26.3 Å². The highest BCUT2D eigenvalue weighted by molar-refractivity contribution is 6.16. The second-order valence-corrected chi connectivity index (χ2v) is 11.8. The highest BCUT2D eigenvalue weighted by Gasteiger charge is 2.44. The van der Waals surface area contributed by atoms with Gasteiger partial charge in [0, 0.05) is 37.0 Å². The topological polar surface area (TPSA) is 103 Å². The summed E-state index contributed by atoms with van der Waals surface area (Å²) in [5, 5.41) is 18.5. The quantitative estimate of drug-likeness (QED) is 0.339. The maximum absolute atomic E-state index is 14.9. The molecule has 3 aromatic rings. The zero-order valence-electron chi connectivity index (χ0n) is 24.3. The van der Waals surface area contributed by atoms with Crippen LogP contribution in [0.15, 0.2) is 24.3 Å². The second kappa shape index (κ2) is 11.3. The maximum Gasteiger partial charge on any atom is 0.318 e. The Labute approximate surface area is 244 Å². The molecule has 3 unspecified atom stereocenters. The van der Waals surface area contributed by atoms with Gasteiger partial charge >= 0.3 is 6.01 Å². The molecule has 1 amide bonds. The number of likely N-dealkylation sites (N-methyl/N-ethyl adjacent to an activating group) is 1. The van der Waals surface area contributed by atoms with Crippen LogP contribution in [0.25, 0.3) is 10.8 Å². The van der Waals surface area contributed by atoms with Gasteiger partial charge in [0.25, 0.3) is 5.91 Å². The zero-order chi connectivity index (χ0) is 29.6. The number of aromatic hydroxyl groups is 1. The molecule has 2 aromatic carbocycles. The first-order valence-corrected chi connectivity index (χ1v) is 14.8. The van der Waals surface area contributed by atoms with Gasteiger partial charge in [-0.25, -0.2) is 8.78 Å². The lowest BCUT2D eigenvalue weighted by Gasteiger charge is -2.35. The number of amides is 1. The Hall–Kier alpha value is -3.57. The van der Waals surface area contributed by atoms with Crippen molar-refractivity contribution in [3.05, 3.63) is 46.9 Å². The molecule has 9 nitrogen and oxygen atoms in total. The third-order valence-corrected chi connectivity index (χ3v) is 8.98. The molecule has 224 valence electrons. The maximum atomic E-state index is 14.9. The van der Waals surface area contributed by atoms with Crippen LogP contribution in [0.4, 0.5) is 20.3 Å². The number of alkyl halides is 1. The fraction of sp³-hybridized carbons (Fsp3) is 0.516. The summed E-state index contributed by atoms with van der Waals surface area (Å²) in [7, 11) is 1.92. The van der Waals surface area contributed by atoms with E-state index in [4.69, 9.17) is 4.74 Å². The summed E-state index contributed by atoms with van der Waals surface area (Å²) in [6, 6.07) is 6.27. The first-order valence-electron chi connectivity index (χ1n) is 14.8. The number of anilines is 2. The summed E-state index contributed by atoms with van der Waals surface area (Å²) in [6.45, 7) is 6.21. The lowest BCUT2D eigenvalue weighted by Crippen LogP contribution is -2.46. The summed E-state index contributed by atoms with van der Waals surface area (Å²) in [5.74, 6) is -0.328. The van der Waals surface area contributed by atoms with Crippen molar-refractivity contribution in [2.75, 3.05) is 43.5 Å². The van der Waals surface area contributed by atoms with Crippen molar-refractivity contribution < 1.29 is 23.4 Å². The number of phenolic OH excluding ortho intramolecular Hbond substituents is 1. The van der Waals surface area contributed by atoms with E-state index in [1.165, 1.54) is 17.0 Å². The average molecular weight is 581 g/mol. The third kappa shape index (κ3) is 5.02. The number of fused-ring (bicyclic) bond motifs is 2. The van der Waals surface area contributed by atoms with Crippen LogP contribution in [0, 0.1) is 5.82 Å². The number of hydrogen-bond acceptors (Lipinski definition) is 8. The van der Waals surface area contributed by atoms with Crippen LogP contribution in [-0.2, 0) is 13.0 Å². The van der Waals surface area contributed by atoms with Gasteiger partial charge in [0.1, 0.15) is 35.7 Å². The molecular weight excluding hydrogens is 542 g/mol. The Morgan fingerprint density at radius 3 is 2.79 bits per heavy atom. The molecule has 3 N–H and O–H groups in total. The van der Waals surface area contributed by atoms with Crippen LogP contribution in [0.2, 0.25) is 0 Å². The average Bonchev–Trinajstić information content (AvgIpc) is 3.65. The molecule has 6 rings (SSSR count). The summed E-state index contributed by atoms with van der Waals surface area (Å²) in [6.07, 6.45) is 2.41. The number of carbonyl (C=O) groups excluding carboxylic acids is 1. The van der Waals surface area contributed by atoms with Crippen molar-refractivity contribution >= 4 is 28.2 Å². The number of hydrogen-bond donors (Lipinski definition) is 3. The van der Waals surface area contributed by atoms with E-state index in [0.29, 0.717) is 58.5 Å². The number of benzene rings is 2. The van der Waals surface area contributed by atoms with Crippen LogP contribution in [-0.4, -0.2) is 76.9 Å². The number of ether oxygens (including phenoxy) is 1. The van der Waals surface area contributed by atoms with E-state index in [2.05, 4.69) is 27.5 Å². The van der Waals surface area contributed by atoms with Gasteiger partial charge in [0.05, 0.1) is 23.5 Å². The minimum absolute atomic E-state index is 0.0199. The van der Waals surface area contributed by atoms with Gasteiger partial charge < -0.3 is 25.4 Å². The Morgan fingerprint density at radius 1 is 1.26 bits per heavy atom. The van der Waals surface area contributed by atoms with Gasteiger partial charge in [0.15, 0.2) is 0 Å². The van der Waals surface area contributed by atoms with Crippen molar-refractivity contribution in [3.63, 3.8) is 0 Å². The SMILES string of the molecule is CCCC1(COc2nc3c(c(NC4CCNC4)n2)C(=O)N(c2cc(O)cc4ccc(F)c(CC)c24)C3)CC(F)CN1C. The zero-order valence-corrected chi connectivity index (χ0v) is 24.3. The monoisotopic (exact) mass is 580 g/mol. The molecule has 0 spiro atoms. The van der Waals surface area contributed by atoms with Gasteiger partial charge in [-0.15, -0.1) is 0 Å². The predicted molar refractivity (Wildman–Crippen MR) is 158 cm³/mol. The molecule has 11 heteroatoms. The summed E-state index contributed by atoms with van der Waals surface area (Å²) in [5.41, 5.74) is 1.26. The van der Waals surface area contributed by atoms with Gasteiger partial charge in [-0.05, 0) is 55.9 Å². The normalized spacial score (nSPS) is 24.1. The standard InChI is InChI=1S/C31H38F2N6O3/c1-4-9-31(13-19(32)15-38(31)3)17-42-30-36-24-16-39(29(41)27(24)28(37-30)35-20-8-10-34-14-20)25-12-21(40)11-18-6-7-23(33)22(5-2)26(18)25/h6-7,11-12,19-20,34,40H,4-5,8-10,13-17H2,1-3H3,(H,35,36,37). The second-order valence-electron chi connectivity index (χ2n) is 11.8. The number of nitrogens with one attached hydrogen (secondary N) is 2. The molecule has 1 aromatic heterocycles. The number of likely N-dealkylation sites (tertiary alicyclic amines) is 1. The van der Waals surface area contributed by atoms with Gasteiger partial charge in [-0.2, -0.15) is 9.97 Å². The molecule has 0 bridgehead atoms. The molecule has 0 saturated carbocycles. The minimum atomic E-state index is -0.917. The van der Waals surface area contributed by atoms with Crippen LogP contribution < -0.4 is 20.3 Å². The first kappa shape index (κ1) is 28.5. The van der Waals surface area contributed by atoms with Crippen molar-refractivity contribution in [1.29, 1.82) is 0 Å². The lowest BCUT2D eigenvalue weighted by molar-refractivity contribution is 0.0822. The van der Waals surface area contributed by atoms with E-state index >= 15 is 0 Å². The fourth-order valence-corrected chi connectivity index (χ4v) is 6.87. The number of halogens is 2. The van der Waals surface area contributed by atoms with E-state index in [1.54, 1.807) is 12.1 Å². The first-order chi connectivity index (χ1) is 20.2.